The first-order chi connectivity index (χ1) is 13.0. The molecule has 0 radical (unpaired) electrons. The molecule has 1 fully saturated rings. The topological polar surface area (TPSA) is 72.7 Å². The van der Waals surface area contributed by atoms with E-state index in [9.17, 15) is 19.3 Å². The lowest BCUT2D eigenvalue weighted by molar-refractivity contribution is -0.385. The molecule has 0 unspecified atom stereocenters. The van der Waals surface area contributed by atoms with Crippen LogP contribution in [0.1, 0.15) is 21.5 Å². The second-order valence-electron chi connectivity index (χ2n) is 6.27. The van der Waals surface area contributed by atoms with E-state index in [4.69, 9.17) is 4.74 Å². The van der Waals surface area contributed by atoms with Crippen LogP contribution in [0.3, 0.4) is 0 Å². The van der Waals surface area contributed by atoms with E-state index < -0.39 is 10.7 Å². The number of ketones is 1. The molecule has 0 spiro atoms. The van der Waals surface area contributed by atoms with Gasteiger partial charge in [0.2, 0.25) is 0 Å². The number of nitro groups is 1. The van der Waals surface area contributed by atoms with Gasteiger partial charge in [-0.25, -0.2) is 4.39 Å². The van der Waals surface area contributed by atoms with Gasteiger partial charge >= 0.3 is 0 Å². The van der Waals surface area contributed by atoms with E-state index in [0.717, 1.165) is 0 Å². The van der Waals surface area contributed by atoms with Crippen molar-refractivity contribution in [1.82, 2.24) is 0 Å². The minimum atomic E-state index is -0.464. The summed E-state index contributed by atoms with van der Waals surface area (Å²) in [7, 11) is 0. The number of hydrogen-bond donors (Lipinski definition) is 0. The van der Waals surface area contributed by atoms with Gasteiger partial charge < -0.3 is 9.64 Å². The summed E-state index contributed by atoms with van der Waals surface area (Å²) < 4.78 is 19.7. The fraction of sp³-hybridized carbons (Fsp3) is 0.250. The molecule has 1 aliphatic heterocycles. The number of nitrogens with zero attached hydrogens (tertiary/aromatic N) is 2. The number of carbonyl (C=O) groups excluding carboxylic acids is 1. The first-order valence-corrected chi connectivity index (χ1v) is 8.55. The predicted octanol–water partition coefficient (Wildman–Crippen LogP) is 3.78. The van der Waals surface area contributed by atoms with Crippen LogP contribution in [0.2, 0.25) is 0 Å². The number of aryl methyl sites for hydroxylation is 1. The Bertz CT molecular complexity index is 905. The molecule has 2 aromatic rings. The van der Waals surface area contributed by atoms with Crippen LogP contribution in [0.25, 0.3) is 6.08 Å². The predicted molar refractivity (Wildman–Crippen MR) is 101 cm³/mol. The van der Waals surface area contributed by atoms with Gasteiger partial charge in [0.25, 0.3) is 5.69 Å². The molecule has 1 saturated heterocycles. The summed E-state index contributed by atoms with van der Waals surface area (Å²) in [5, 5.41) is 11.0. The summed E-state index contributed by atoms with van der Waals surface area (Å²) in [4.78, 5) is 24.7. The Morgan fingerprint density at radius 1 is 1.22 bits per heavy atom. The quantitative estimate of drug-likeness (QED) is 0.347. The summed E-state index contributed by atoms with van der Waals surface area (Å²) in [5.41, 5.74) is 1.75. The highest BCUT2D eigenvalue weighted by Gasteiger charge is 2.16. The molecule has 0 N–H and O–H groups in total. The molecule has 140 valence electrons. The fourth-order valence-corrected chi connectivity index (χ4v) is 2.92. The number of carbonyl (C=O) groups is 1. The molecule has 7 heteroatoms. The van der Waals surface area contributed by atoms with E-state index in [1.165, 1.54) is 24.3 Å². The van der Waals surface area contributed by atoms with Crippen LogP contribution in [0.4, 0.5) is 15.8 Å². The third kappa shape index (κ3) is 4.38. The van der Waals surface area contributed by atoms with Crippen molar-refractivity contribution in [2.75, 3.05) is 31.2 Å². The lowest BCUT2D eigenvalue weighted by Gasteiger charge is -2.29. The molecule has 1 heterocycles. The van der Waals surface area contributed by atoms with Gasteiger partial charge in [0.05, 0.1) is 23.8 Å². The Balaban J connectivity index is 1.76. The molecule has 2 aromatic carbocycles. The standard InChI is InChI=1S/C20H19FN2O4/c1-14-2-3-15(12-19(14)23(25)26)4-7-20(24)16-5-6-18(17(21)13-16)22-8-10-27-11-9-22/h2-7,12-13H,8-11H2,1H3/b7-4+. The van der Waals surface area contributed by atoms with Crippen molar-refractivity contribution in [3.8, 4) is 0 Å². The molecular weight excluding hydrogens is 351 g/mol. The molecular formula is C20H19FN2O4. The fourth-order valence-electron chi connectivity index (χ4n) is 2.92. The molecule has 6 nitrogen and oxygen atoms in total. The number of benzene rings is 2. The normalized spacial score (nSPS) is 14.5. The average molecular weight is 370 g/mol. The van der Waals surface area contributed by atoms with E-state index >= 15 is 0 Å². The molecule has 3 rings (SSSR count). The van der Waals surface area contributed by atoms with E-state index in [1.54, 1.807) is 31.2 Å². The molecule has 0 aromatic heterocycles. The van der Waals surface area contributed by atoms with Crippen molar-refractivity contribution in [2.24, 2.45) is 0 Å². The SMILES string of the molecule is Cc1ccc(/C=C/C(=O)c2ccc(N3CCOCC3)c(F)c2)cc1[N+](=O)[O-]. The molecule has 27 heavy (non-hydrogen) atoms. The van der Waals surface area contributed by atoms with Crippen molar-refractivity contribution in [1.29, 1.82) is 0 Å². The maximum atomic E-state index is 14.4. The van der Waals surface area contributed by atoms with Crippen molar-refractivity contribution in [3.05, 3.63) is 75.1 Å². The summed E-state index contributed by atoms with van der Waals surface area (Å²) >= 11 is 0. The largest absolute Gasteiger partial charge is 0.378 e. The molecule has 0 atom stereocenters. The maximum absolute atomic E-state index is 14.4. The van der Waals surface area contributed by atoms with Crippen molar-refractivity contribution in [2.45, 2.75) is 6.92 Å². The van der Waals surface area contributed by atoms with Gasteiger partial charge in [-0.2, -0.15) is 0 Å². The lowest BCUT2D eigenvalue weighted by Crippen LogP contribution is -2.36. The molecule has 1 aliphatic rings. The summed E-state index contributed by atoms with van der Waals surface area (Å²) in [5.74, 6) is -0.826. The first kappa shape index (κ1) is 18.7. The number of allylic oxidation sites excluding steroid dienone is 1. The zero-order valence-electron chi connectivity index (χ0n) is 14.9. The number of hydrogen-bond acceptors (Lipinski definition) is 5. The number of anilines is 1. The summed E-state index contributed by atoms with van der Waals surface area (Å²) in [6.45, 7) is 3.96. The third-order valence-electron chi connectivity index (χ3n) is 4.44. The van der Waals surface area contributed by atoms with Crippen molar-refractivity contribution < 1.29 is 18.8 Å². The third-order valence-corrected chi connectivity index (χ3v) is 4.44. The zero-order chi connectivity index (χ0) is 19.4. The lowest BCUT2D eigenvalue weighted by atomic mass is 10.1. The second-order valence-corrected chi connectivity index (χ2v) is 6.27. The van der Waals surface area contributed by atoms with Crippen LogP contribution < -0.4 is 4.90 Å². The molecule has 0 bridgehead atoms. The Morgan fingerprint density at radius 2 is 1.96 bits per heavy atom. The van der Waals surface area contributed by atoms with Crippen molar-refractivity contribution >= 4 is 23.2 Å². The van der Waals surface area contributed by atoms with E-state index in [0.29, 0.717) is 43.1 Å². The number of ether oxygens (including phenoxy) is 1. The van der Waals surface area contributed by atoms with E-state index in [-0.39, 0.29) is 17.0 Å². The monoisotopic (exact) mass is 370 g/mol. The van der Waals surface area contributed by atoms with Crippen LogP contribution in [0.5, 0.6) is 0 Å². The smallest absolute Gasteiger partial charge is 0.272 e. The second kappa shape index (κ2) is 8.09. The highest BCUT2D eigenvalue weighted by atomic mass is 19.1. The minimum Gasteiger partial charge on any atom is -0.378 e. The van der Waals surface area contributed by atoms with Gasteiger partial charge in [-0.15, -0.1) is 0 Å². The zero-order valence-corrected chi connectivity index (χ0v) is 14.9. The van der Waals surface area contributed by atoms with Gasteiger partial charge in [-0.3, -0.25) is 14.9 Å². The minimum absolute atomic E-state index is 0.00879. The Labute approximate surface area is 156 Å². The molecule has 0 amide bonds. The van der Waals surface area contributed by atoms with Crippen LogP contribution in [0.15, 0.2) is 42.5 Å². The highest BCUT2D eigenvalue weighted by molar-refractivity contribution is 6.07. The Kier molecular flexibility index (Phi) is 5.61. The Hall–Kier alpha value is -3.06. The van der Waals surface area contributed by atoms with Crippen LogP contribution in [0, 0.1) is 22.9 Å². The maximum Gasteiger partial charge on any atom is 0.272 e. The van der Waals surface area contributed by atoms with Crippen molar-refractivity contribution in [3.63, 3.8) is 0 Å². The highest BCUT2D eigenvalue weighted by Crippen LogP contribution is 2.23. The molecule has 0 aliphatic carbocycles. The van der Waals surface area contributed by atoms with Gasteiger partial charge in [-0.05, 0) is 36.8 Å². The Morgan fingerprint density at radius 3 is 2.63 bits per heavy atom. The number of rotatable bonds is 5. The van der Waals surface area contributed by atoms with Crippen LogP contribution >= 0.6 is 0 Å². The number of halogens is 1. The van der Waals surface area contributed by atoms with Gasteiger partial charge in [0.15, 0.2) is 5.78 Å². The molecule has 0 saturated carbocycles. The van der Waals surface area contributed by atoms with Gasteiger partial charge in [0, 0.05) is 30.3 Å². The van der Waals surface area contributed by atoms with E-state index in [1.807, 2.05) is 4.90 Å². The van der Waals surface area contributed by atoms with E-state index in [2.05, 4.69) is 0 Å². The summed E-state index contributed by atoms with van der Waals surface area (Å²) in [6.07, 6.45) is 2.78. The number of morpholine rings is 1. The number of nitro benzene ring substituents is 1. The van der Waals surface area contributed by atoms with Gasteiger partial charge in [-0.1, -0.05) is 18.2 Å². The van der Waals surface area contributed by atoms with Gasteiger partial charge in [0.1, 0.15) is 5.82 Å². The van der Waals surface area contributed by atoms with Crippen LogP contribution in [-0.4, -0.2) is 37.0 Å². The first-order valence-electron chi connectivity index (χ1n) is 8.55. The van der Waals surface area contributed by atoms with Crippen LogP contribution in [-0.2, 0) is 4.74 Å². The average Bonchev–Trinajstić information content (AvgIpc) is 2.67. The summed E-state index contributed by atoms with van der Waals surface area (Å²) in [6, 6.07) is 9.11.